The van der Waals surface area contributed by atoms with E-state index in [0.29, 0.717) is 5.69 Å². The molecule has 0 spiro atoms. The average Bonchev–Trinajstić information content (AvgIpc) is 3.16. The summed E-state index contributed by atoms with van der Waals surface area (Å²) in [4.78, 5) is 12.9. The number of hydrogen-bond donors (Lipinski definition) is 1. The topological polar surface area (TPSA) is 46.9 Å². The second-order valence-corrected chi connectivity index (χ2v) is 6.80. The van der Waals surface area contributed by atoms with Crippen molar-refractivity contribution < 1.29 is 4.79 Å². The fourth-order valence-electron chi connectivity index (χ4n) is 3.09. The first-order valence-corrected chi connectivity index (χ1v) is 9.21. The molecule has 0 unspecified atom stereocenters. The standard InChI is InChI=1S/C24H21N3O/c1-17-12-14-19(15-13-17)23-16-22(26-27(23)20-9-4-3-5-10-20)24(28)25-21-11-7-6-8-18(21)2/h3-16H,1-2H3,(H,25,28). The van der Waals surface area contributed by atoms with Gasteiger partial charge in [-0.05, 0) is 43.7 Å². The Kier molecular flexibility index (Phi) is 4.77. The molecule has 0 saturated heterocycles. The van der Waals surface area contributed by atoms with Crippen LogP contribution in [0.4, 0.5) is 5.69 Å². The number of carbonyl (C=O) groups excluding carboxylic acids is 1. The van der Waals surface area contributed by atoms with E-state index in [1.54, 1.807) is 0 Å². The molecule has 1 amide bonds. The average molecular weight is 367 g/mol. The van der Waals surface area contributed by atoms with Gasteiger partial charge in [0.25, 0.3) is 5.91 Å². The highest BCUT2D eigenvalue weighted by Crippen LogP contribution is 2.25. The molecule has 0 saturated carbocycles. The maximum Gasteiger partial charge on any atom is 0.276 e. The minimum absolute atomic E-state index is 0.225. The Labute approximate surface area is 164 Å². The number of benzene rings is 3. The second kappa shape index (κ2) is 7.53. The van der Waals surface area contributed by atoms with Crippen LogP contribution in [0.25, 0.3) is 16.9 Å². The molecule has 3 aromatic carbocycles. The number of para-hydroxylation sites is 2. The molecule has 0 atom stereocenters. The molecular formula is C24H21N3O. The third-order valence-corrected chi connectivity index (χ3v) is 4.68. The van der Waals surface area contributed by atoms with E-state index in [1.807, 2.05) is 72.3 Å². The zero-order valence-electron chi connectivity index (χ0n) is 15.9. The second-order valence-electron chi connectivity index (χ2n) is 6.80. The molecule has 28 heavy (non-hydrogen) atoms. The van der Waals surface area contributed by atoms with Crippen LogP contribution >= 0.6 is 0 Å². The molecule has 0 aliphatic rings. The number of amides is 1. The van der Waals surface area contributed by atoms with Gasteiger partial charge in [-0.1, -0.05) is 66.2 Å². The van der Waals surface area contributed by atoms with Crippen molar-refractivity contribution in [3.8, 4) is 16.9 Å². The van der Waals surface area contributed by atoms with Crippen molar-refractivity contribution >= 4 is 11.6 Å². The van der Waals surface area contributed by atoms with Crippen LogP contribution in [0.3, 0.4) is 0 Å². The molecule has 4 heteroatoms. The lowest BCUT2D eigenvalue weighted by atomic mass is 10.1. The summed E-state index contributed by atoms with van der Waals surface area (Å²) in [6, 6.07) is 27.6. The number of hydrogen-bond acceptors (Lipinski definition) is 2. The van der Waals surface area contributed by atoms with E-state index in [0.717, 1.165) is 28.2 Å². The van der Waals surface area contributed by atoms with E-state index < -0.39 is 0 Å². The normalized spacial score (nSPS) is 10.6. The highest BCUT2D eigenvalue weighted by molar-refractivity contribution is 6.04. The molecule has 138 valence electrons. The Morgan fingerprint density at radius 1 is 0.857 bits per heavy atom. The monoisotopic (exact) mass is 367 g/mol. The van der Waals surface area contributed by atoms with Gasteiger partial charge in [0, 0.05) is 11.3 Å². The Morgan fingerprint density at radius 3 is 2.25 bits per heavy atom. The predicted octanol–water partition coefficient (Wildman–Crippen LogP) is 5.41. The highest BCUT2D eigenvalue weighted by Gasteiger charge is 2.17. The zero-order valence-corrected chi connectivity index (χ0v) is 15.9. The number of aromatic nitrogens is 2. The molecule has 4 rings (SSSR count). The van der Waals surface area contributed by atoms with Crippen LogP contribution < -0.4 is 5.32 Å². The fourth-order valence-corrected chi connectivity index (χ4v) is 3.09. The Morgan fingerprint density at radius 2 is 1.54 bits per heavy atom. The third-order valence-electron chi connectivity index (χ3n) is 4.68. The van der Waals surface area contributed by atoms with E-state index in [1.165, 1.54) is 5.56 Å². The first-order valence-electron chi connectivity index (χ1n) is 9.21. The van der Waals surface area contributed by atoms with Crippen molar-refractivity contribution in [1.29, 1.82) is 0 Å². The number of aryl methyl sites for hydroxylation is 2. The third kappa shape index (κ3) is 3.58. The number of nitrogens with one attached hydrogen (secondary N) is 1. The molecule has 0 fully saturated rings. The molecule has 4 nitrogen and oxygen atoms in total. The van der Waals surface area contributed by atoms with E-state index in [-0.39, 0.29) is 5.91 Å². The van der Waals surface area contributed by atoms with Gasteiger partial charge in [0.15, 0.2) is 5.69 Å². The van der Waals surface area contributed by atoms with Crippen molar-refractivity contribution in [2.45, 2.75) is 13.8 Å². The first-order chi connectivity index (χ1) is 13.6. The van der Waals surface area contributed by atoms with Crippen LogP contribution in [0.1, 0.15) is 21.6 Å². The van der Waals surface area contributed by atoms with Crippen LogP contribution in [0.2, 0.25) is 0 Å². The summed E-state index contributed by atoms with van der Waals surface area (Å²) in [6.07, 6.45) is 0. The minimum atomic E-state index is -0.225. The van der Waals surface area contributed by atoms with Crippen LogP contribution in [0.15, 0.2) is 84.9 Å². The van der Waals surface area contributed by atoms with E-state index >= 15 is 0 Å². The molecule has 0 bridgehead atoms. The molecule has 4 aromatic rings. The van der Waals surface area contributed by atoms with Gasteiger partial charge in [0.2, 0.25) is 0 Å². The van der Waals surface area contributed by atoms with Crippen LogP contribution in [-0.2, 0) is 0 Å². The Bertz CT molecular complexity index is 1110. The number of carbonyl (C=O) groups is 1. The van der Waals surface area contributed by atoms with Crippen LogP contribution in [0, 0.1) is 13.8 Å². The molecular weight excluding hydrogens is 346 g/mol. The van der Waals surface area contributed by atoms with E-state index in [2.05, 4.69) is 41.6 Å². The smallest absolute Gasteiger partial charge is 0.276 e. The van der Waals surface area contributed by atoms with Gasteiger partial charge < -0.3 is 5.32 Å². The summed E-state index contributed by atoms with van der Waals surface area (Å²) in [5, 5.41) is 7.57. The van der Waals surface area contributed by atoms with Gasteiger partial charge in [-0.15, -0.1) is 0 Å². The molecule has 1 heterocycles. The zero-order chi connectivity index (χ0) is 19.5. The molecule has 0 radical (unpaired) electrons. The van der Waals surface area contributed by atoms with Crippen molar-refractivity contribution in [2.75, 3.05) is 5.32 Å². The van der Waals surface area contributed by atoms with E-state index in [4.69, 9.17) is 0 Å². The van der Waals surface area contributed by atoms with Gasteiger partial charge in [-0.25, -0.2) is 4.68 Å². The molecule has 0 aliphatic carbocycles. The fraction of sp³-hybridized carbons (Fsp3) is 0.0833. The maximum atomic E-state index is 12.9. The summed E-state index contributed by atoms with van der Waals surface area (Å²) in [6.45, 7) is 4.02. The Balaban J connectivity index is 1.76. The number of anilines is 1. The Hall–Kier alpha value is -3.66. The summed E-state index contributed by atoms with van der Waals surface area (Å²) in [5.74, 6) is -0.225. The van der Waals surface area contributed by atoms with Crippen molar-refractivity contribution in [3.63, 3.8) is 0 Å². The highest BCUT2D eigenvalue weighted by atomic mass is 16.1. The summed E-state index contributed by atoms with van der Waals surface area (Å²) in [5.41, 5.74) is 6.16. The lowest BCUT2D eigenvalue weighted by Crippen LogP contribution is -2.13. The van der Waals surface area contributed by atoms with Gasteiger partial charge in [-0.3, -0.25) is 4.79 Å². The molecule has 1 aromatic heterocycles. The van der Waals surface area contributed by atoms with Gasteiger partial charge in [-0.2, -0.15) is 5.10 Å². The van der Waals surface area contributed by atoms with Crippen LogP contribution in [-0.4, -0.2) is 15.7 Å². The number of rotatable bonds is 4. The van der Waals surface area contributed by atoms with Gasteiger partial charge in [0.1, 0.15) is 0 Å². The van der Waals surface area contributed by atoms with Gasteiger partial charge in [0.05, 0.1) is 11.4 Å². The molecule has 1 N–H and O–H groups in total. The summed E-state index contributed by atoms with van der Waals surface area (Å²) < 4.78 is 1.82. The minimum Gasteiger partial charge on any atom is -0.320 e. The maximum absolute atomic E-state index is 12.9. The summed E-state index contributed by atoms with van der Waals surface area (Å²) >= 11 is 0. The van der Waals surface area contributed by atoms with Gasteiger partial charge >= 0.3 is 0 Å². The quantitative estimate of drug-likeness (QED) is 0.524. The predicted molar refractivity (Wildman–Crippen MR) is 113 cm³/mol. The lowest BCUT2D eigenvalue weighted by Gasteiger charge is -2.07. The SMILES string of the molecule is Cc1ccc(-c2cc(C(=O)Nc3ccccc3C)nn2-c2ccccc2)cc1. The number of nitrogens with zero attached hydrogens (tertiary/aromatic N) is 2. The van der Waals surface area contributed by atoms with Crippen LogP contribution in [0.5, 0.6) is 0 Å². The van der Waals surface area contributed by atoms with Crippen molar-refractivity contribution in [3.05, 3.63) is 102 Å². The van der Waals surface area contributed by atoms with Crippen molar-refractivity contribution in [2.24, 2.45) is 0 Å². The first kappa shape index (κ1) is 17.7. The van der Waals surface area contributed by atoms with Crippen molar-refractivity contribution in [1.82, 2.24) is 9.78 Å². The summed E-state index contributed by atoms with van der Waals surface area (Å²) in [7, 11) is 0. The lowest BCUT2D eigenvalue weighted by molar-refractivity contribution is 0.102. The molecule has 0 aliphatic heterocycles. The van der Waals surface area contributed by atoms with E-state index in [9.17, 15) is 4.79 Å². The largest absolute Gasteiger partial charge is 0.320 e.